The molecule has 19 heavy (non-hydrogen) atoms. The number of amides is 2. The van der Waals surface area contributed by atoms with E-state index in [1.54, 1.807) is 0 Å². The number of benzene rings is 1. The molecule has 0 saturated carbocycles. The summed E-state index contributed by atoms with van der Waals surface area (Å²) in [6.07, 6.45) is 3.06. The minimum absolute atomic E-state index is 0.192. The third-order valence-electron chi connectivity index (χ3n) is 2.62. The maximum Gasteiger partial charge on any atom is 0.319 e. The van der Waals surface area contributed by atoms with Gasteiger partial charge in [0, 0.05) is 18.7 Å². The third kappa shape index (κ3) is 4.42. The molecule has 100 valence electrons. The second-order valence-electron chi connectivity index (χ2n) is 4.29. The summed E-state index contributed by atoms with van der Waals surface area (Å²) in [5, 5.41) is 12.1. The molecular weight excluding hydrogens is 242 g/mol. The number of nitrogens with zero attached hydrogens (tertiary/aromatic N) is 2. The Hall–Kier alpha value is -2.37. The number of hydrogen-bond donors (Lipinski definition) is 3. The number of H-pyrrole nitrogens is 1. The summed E-state index contributed by atoms with van der Waals surface area (Å²) in [5.41, 5.74) is 1.91. The molecule has 1 aromatic heterocycles. The number of urea groups is 1. The zero-order valence-electron chi connectivity index (χ0n) is 10.8. The Balaban J connectivity index is 1.67. The van der Waals surface area contributed by atoms with Gasteiger partial charge in [-0.15, -0.1) is 0 Å². The molecule has 6 nitrogen and oxygen atoms in total. The number of hydrogen-bond acceptors (Lipinski definition) is 3. The van der Waals surface area contributed by atoms with Crippen molar-refractivity contribution in [1.82, 2.24) is 20.5 Å². The van der Waals surface area contributed by atoms with E-state index >= 15 is 0 Å². The number of carbonyl (C=O) groups is 1. The van der Waals surface area contributed by atoms with E-state index in [4.69, 9.17) is 0 Å². The van der Waals surface area contributed by atoms with Crippen molar-refractivity contribution in [2.75, 3.05) is 11.9 Å². The molecule has 0 unspecified atom stereocenters. The van der Waals surface area contributed by atoms with Crippen LogP contribution in [-0.4, -0.2) is 27.8 Å². The summed E-state index contributed by atoms with van der Waals surface area (Å²) in [6.45, 7) is 2.58. The lowest BCUT2D eigenvalue weighted by molar-refractivity contribution is 0.252. The SMILES string of the molecule is Cc1cccc(NC(=O)NCCCc2ncn[nH]2)c1. The molecule has 0 fully saturated rings. The fraction of sp³-hybridized carbons (Fsp3) is 0.308. The van der Waals surface area contributed by atoms with Crippen molar-refractivity contribution in [2.45, 2.75) is 19.8 Å². The van der Waals surface area contributed by atoms with Crippen LogP contribution in [0, 0.1) is 6.92 Å². The van der Waals surface area contributed by atoms with E-state index in [-0.39, 0.29) is 6.03 Å². The molecule has 0 spiro atoms. The van der Waals surface area contributed by atoms with Crippen molar-refractivity contribution in [3.05, 3.63) is 42.0 Å². The molecule has 0 radical (unpaired) electrons. The van der Waals surface area contributed by atoms with Gasteiger partial charge in [-0.25, -0.2) is 9.78 Å². The lowest BCUT2D eigenvalue weighted by Gasteiger charge is -2.07. The Morgan fingerprint density at radius 1 is 1.42 bits per heavy atom. The first-order chi connectivity index (χ1) is 9.24. The second kappa shape index (κ2) is 6.53. The van der Waals surface area contributed by atoms with Gasteiger partial charge < -0.3 is 10.6 Å². The largest absolute Gasteiger partial charge is 0.338 e. The Morgan fingerprint density at radius 3 is 3.05 bits per heavy atom. The zero-order valence-corrected chi connectivity index (χ0v) is 10.8. The van der Waals surface area contributed by atoms with Crippen LogP contribution in [-0.2, 0) is 6.42 Å². The fourth-order valence-corrected chi connectivity index (χ4v) is 1.71. The highest BCUT2D eigenvalue weighted by atomic mass is 16.2. The maximum absolute atomic E-state index is 11.6. The van der Waals surface area contributed by atoms with E-state index in [1.807, 2.05) is 31.2 Å². The number of aromatic amines is 1. The Bertz CT molecular complexity index is 524. The summed E-state index contributed by atoms with van der Waals surface area (Å²) < 4.78 is 0. The van der Waals surface area contributed by atoms with Gasteiger partial charge in [0.1, 0.15) is 12.2 Å². The minimum Gasteiger partial charge on any atom is -0.338 e. The Kier molecular flexibility index (Phi) is 4.49. The molecule has 2 aromatic rings. The molecule has 6 heteroatoms. The molecule has 0 aliphatic heterocycles. The molecule has 0 bridgehead atoms. The predicted molar refractivity (Wildman–Crippen MR) is 72.9 cm³/mol. The summed E-state index contributed by atoms with van der Waals surface area (Å²) >= 11 is 0. The van der Waals surface area contributed by atoms with E-state index in [0.29, 0.717) is 6.54 Å². The van der Waals surface area contributed by atoms with Gasteiger partial charge in [-0.2, -0.15) is 5.10 Å². The van der Waals surface area contributed by atoms with Crippen LogP contribution >= 0.6 is 0 Å². The van der Waals surface area contributed by atoms with Gasteiger partial charge in [0.15, 0.2) is 0 Å². The van der Waals surface area contributed by atoms with E-state index in [1.165, 1.54) is 6.33 Å². The first-order valence-electron chi connectivity index (χ1n) is 6.20. The lowest BCUT2D eigenvalue weighted by Crippen LogP contribution is -2.29. The maximum atomic E-state index is 11.6. The average Bonchev–Trinajstić information content (AvgIpc) is 2.88. The van der Waals surface area contributed by atoms with Crippen molar-refractivity contribution in [3.63, 3.8) is 0 Å². The number of rotatable bonds is 5. The van der Waals surface area contributed by atoms with Gasteiger partial charge in [0.2, 0.25) is 0 Å². The molecular formula is C13H17N5O. The van der Waals surface area contributed by atoms with Crippen molar-refractivity contribution in [2.24, 2.45) is 0 Å². The van der Waals surface area contributed by atoms with Gasteiger partial charge in [0.25, 0.3) is 0 Å². The fourth-order valence-electron chi connectivity index (χ4n) is 1.71. The quantitative estimate of drug-likeness (QED) is 0.717. The number of aryl methyl sites for hydroxylation is 2. The molecule has 0 aliphatic carbocycles. The first-order valence-corrected chi connectivity index (χ1v) is 6.20. The van der Waals surface area contributed by atoms with Gasteiger partial charge in [-0.1, -0.05) is 12.1 Å². The van der Waals surface area contributed by atoms with Gasteiger partial charge >= 0.3 is 6.03 Å². The van der Waals surface area contributed by atoms with Crippen LogP contribution in [0.4, 0.5) is 10.5 Å². The topological polar surface area (TPSA) is 82.7 Å². The highest BCUT2D eigenvalue weighted by molar-refractivity contribution is 5.89. The average molecular weight is 259 g/mol. The monoisotopic (exact) mass is 259 g/mol. The number of carbonyl (C=O) groups excluding carboxylic acids is 1. The zero-order chi connectivity index (χ0) is 13.5. The van der Waals surface area contributed by atoms with Crippen LogP contribution in [0.25, 0.3) is 0 Å². The van der Waals surface area contributed by atoms with Gasteiger partial charge in [-0.3, -0.25) is 5.10 Å². The van der Waals surface area contributed by atoms with Crippen LogP contribution in [0.1, 0.15) is 17.8 Å². The standard InChI is InChI=1S/C13H17N5O/c1-10-4-2-5-11(8-10)17-13(19)14-7-3-6-12-15-9-16-18-12/h2,4-5,8-9H,3,6-7H2,1H3,(H2,14,17,19)(H,15,16,18). The lowest BCUT2D eigenvalue weighted by atomic mass is 10.2. The van der Waals surface area contributed by atoms with Crippen molar-refractivity contribution < 1.29 is 4.79 Å². The molecule has 1 aromatic carbocycles. The van der Waals surface area contributed by atoms with Crippen LogP contribution in [0.15, 0.2) is 30.6 Å². The number of aromatic nitrogens is 3. The summed E-state index contributed by atoms with van der Waals surface area (Å²) in [4.78, 5) is 15.6. The number of anilines is 1. The van der Waals surface area contributed by atoms with Crippen molar-refractivity contribution in [1.29, 1.82) is 0 Å². The normalized spacial score (nSPS) is 10.2. The van der Waals surface area contributed by atoms with E-state index in [0.717, 1.165) is 29.9 Å². The number of nitrogens with one attached hydrogen (secondary N) is 3. The van der Waals surface area contributed by atoms with Crippen molar-refractivity contribution in [3.8, 4) is 0 Å². The highest BCUT2D eigenvalue weighted by Crippen LogP contribution is 2.08. The molecule has 1 heterocycles. The summed E-state index contributed by atoms with van der Waals surface area (Å²) in [5.74, 6) is 0.834. The first kappa shape index (κ1) is 13.1. The Morgan fingerprint density at radius 2 is 2.32 bits per heavy atom. The molecule has 2 rings (SSSR count). The Labute approximate surface area is 111 Å². The van der Waals surface area contributed by atoms with Crippen LogP contribution in [0.2, 0.25) is 0 Å². The van der Waals surface area contributed by atoms with Crippen LogP contribution < -0.4 is 10.6 Å². The minimum atomic E-state index is -0.192. The van der Waals surface area contributed by atoms with Crippen LogP contribution in [0.5, 0.6) is 0 Å². The molecule has 0 atom stereocenters. The highest BCUT2D eigenvalue weighted by Gasteiger charge is 2.01. The van der Waals surface area contributed by atoms with Gasteiger partial charge in [-0.05, 0) is 31.0 Å². The smallest absolute Gasteiger partial charge is 0.319 e. The second-order valence-corrected chi connectivity index (χ2v) is 4.29. The van der Waals surface area contributed by atoms with E-state index in [9.17, 15) is 4.79 Å². The summed E-state index contributed by atoms with van der Waals surface area (Å²) in [7, 11) is 0. The molecule has 2 amide bonds. The molecule has 3 N–H and O–H groups in total. The van der Waals surface area contributed by atoms with Crippen LogP contribution in [0.3, 0.4) is 0 Å². The molecule has 0 aliphatic rings. The third-order valence-corrected chi connectivity index (χ3v) is 2.62. The van der Waals surface area contributed by atoms with E-state index in [2.05, 4.69) is 25.8 Å². The molecule has 0 saturated heterocycles. The van der Waals surface area contributed by atoms with Crippen molar-refractivity contribution >= 4 is 11.7 Å². The van der Waals surface area contributed by atoms with Gasteiger partial charge in [0.05, 0.1) is 0 Å². The summed E-state index contributed by atoms with van der Waals surface area (Å²) in [6, 6.07) is 7.49. The van der Waals surface area contributed by atoms with E-state index < -0.39 is 0 Å². The predicted octanol–water partition coefficient (Wildman–Crippen LogP) is 1.87.